The maximum Gasteiger partial charge on any atom is 0.244 e. The first-order chi connectivity index (χ1) is 10.6. The van der Waals surface area contributed by atoms with Gasteiger partial charge in [-0.3, -0.25) is 0 Å². The van der Waals surface area contributed by atoms with Gasteiger partial charge in [0.2, 0.25) is 20.0 Å². The topological polar surface area (TPSA) is 86.8 Å². The minimum atomic E-state index is -3.90. The lowest BCUT2D eigenvalue weighted by molar-refractivity contribution is 0.232. The van der Waals surface area contributed by atoms with E-state index in [0.717, 1.165) is 4.31 Å². The van der Waals surface area contributed by atoms with Crippen LogP contribution in [0.2, 0.25) is 0 Å². The molecular weight excluding hydrogens is 374 g/mol. The van der Waals surface area contributed by atoms with Crippen LogP contribution in [0.5, 0.6) is 0 Å². The van der Waals surface area contributed by atoms with Gasteiger partial charge < -0.3 is 5.32 Å². The number of hydrogen-bond acceptors (Lipinski definition) is 5. The van der Waals surface area contributed by atoms with E-state index in [2.05, 4.69) is 5.32 Å². The number of benzene rings is 1. The average Bonchev–Trinajstić information content (AvgIpc) is 2.49. The van der Waals surface area contributed by atoms with Gasteiger partial charge in [0.25, 0.3) is 0 Å². The van der Waals surface area contributed by atoms with Crippen molar-refractivity contribution in [3.05, 3.63) is 24.3 Å². The van der Waals surface area contributed by atoms with E-state index in [1.54, 1.807) is 0 Å². The standard InChI is InChI=1S/C14H23N3O4S2.ClH/c1-11-12(2)17(10-9-15-11)23(20,21)14-8-6-5-7-13(14)22(18,19)16(3)4;/h5-8,11-12,15H,9-10H2,1-4H3;1H. The first-order valence-corrected chi connectivity index (χ1v) is 10.2. The van der Waals surface area contributed by atoms with Crippen LogP contribution in [0.1, 0.15) is 13.8 Å². The molecular formula is C14H24ClN3O4S2. The molecule has 1 aromatic carbocycles. The molecule has 0 aliphatic carbocycles. The van der Waals surface area contributed by atoms with Gasteiger partial charge in [0, 0.05) is 39.3 Å². The Kier molecular flexibility index (Phi) is 6.82. The Bertz CT molecular complexity index is 781. The van der Waals surface area contributed by atoms with E-state index < -0.39 is 20.0 Å². The van der Waals surface area contributed by atoms with Crippen molar-refractivity contribution >= 4 is 32.5 Å². The summed E-state index contributed by atoms with van der Waals surface area (Å²) in [6.07, 6.45) is 0. The number of nitrogens with one attached hydrogen (secondary N) is 1. The average molecular weight is 398 g/mol. The van der Waals surface area contributed by atoms with Crippen LogP contribution in [-0.4, -0.2) is 64.7 Å². The third-order valence-electron chi connectivity index (χ3n) is 4.17. The van der Waals surface area contributed by atoms with Crippen LogP contribution < -0.4 is 5.32 Å². The van der Waals surface area contributed by atoms with Crippen LogP contribution >= 0.6 is 12.4 Å². The normalized spacial score (nSPS) is 23.0. The lowest BCUT2D eigenvalue weighted by Gasteiger charge is -2.37. The molecule has 1 N–H and O–H groups in total. The Morgan fingerprint density at radius 3 is 2.17 bits per heavy atom. The summed E-state index contributed by atoms with van der Waals surface area (Å²) in [5, 5.41) is 3.22. The van der Waals surface area contributed by atoms with Crippen molar-refractivity contribution in [1.29, 1.82) is 0 Å². The molecule has 10 heteroatoms. The summed E-state index contributed by atoms with van der Waals surface area (Å²) in [5.41, 5.74) is 0. The van der Waals surface area contributed by atoms with E-state index in [0.29, 0.717) is 13.1 Å². The van der Waals surface area contributed by atoms with Gasteiger partial charge in [-0.15, -0.1) is 12.4 Å². The highest BCUT2D eigenvalue weighted by atomic mass is 35.5. The number of halogens is 1. The fourth-order valence-electron chi connectivity index (χ4n) is 2.56. The lowest BCUT2D eigenvalue weighted by atomic mass is 10.1. The highest BCUT2D eigenvalue weighted by Gasteiger charge is 2.37. The predicted octanol–water partition coefficient (Wildman–Crippen LogP) is 0.730. The summed E-state index contributed by atoms with van der Waals surface area (Å²) in [7, 11) is -4.99. The van der Waals surface area contributed by atoms with Crippen molar-refractivity contribution in [2.75, 3.05) is 27.2 Å². The van der Waals surface area contributed by atoms with Gasteiger partial charge in [-0.25, -0.2) is 21.1 Å². The molecule has 1 heterocycles. The minimum absolute atomic E-state index is 0. The molecule has 24 heavy (non-hydrogen) atoms. The molecule has 1 aromatic rings. The van der Waals surface area contributed by atoms with E-state index in [1.165, 1.54) is 42.7 Å². The molecule has 2 rings (SSSR count). The van der Waals surface area contributed by atoms with E-state index in [9.17, 15) is 16.8 Å². The van der Waals surface area contributed by atoms with Crippen molar-refractivity contribution in [2.24, 2.45) is 0 Å². The van der Waals surface area contributed by atoms with Gasteiger partial charge in [-0.2, -0.15) is 4.31 Å². The lowest BCUT2D eigenvalue weighted by Crippen LogP contribution is -2.57. The van der Waals surface area contributed by atoms with Crippen LogP contribution in [0.4, 0.5) is 0 Å². The van der Waals surface area contributed by atoms with E-state index in [1.807, 2.05) is 13.8 Å². The third kappa shape index (κ3) is 3.76. The molecule has 1 aliphatic rings. The first kappa shape index (κ1) is 21.3. The molecule has 0 bridgehead atoms. The van der Waals surface area contributed by atoms with Gasteiger partial charge in [0.1, 0.15) is 9.79 Å². The molecule has 0 saturated carbocycles. The maximum atomic E-state index is 13.0. The molecule has 2 atom stereocenters. The highest BCUT2D eigenvalue weighted by Crippen LogP contribution is 2.28. The van der Waals surface area contributed by atoms with Gasteiger partial charge in [0.15, 0.2) is 0 Å². The Hall–Kier alpha value is -0.710. The van der Waals surface area contributed by atoms with Crippen LogP contribution in [0.25, 0.3) is 0 Å². The maximum absolute atomic E-state index is 13.0. The van der Waals surface area contributed by atoms with Crippen molar-refractivity contribution in [3.63, 3.8) is 0 Å². The predicted molar refractivity (Wildman–Crippen MR) is 95.4 cm³/mol. The molecule has 7 nitrogen and oxygen atoms in total. The van der Waals surface area contributed by atoms with Crippen LogP contribution in [-0.2, 0) is 20.0 Å². The molecule has 1 aliphatic heterocycles. The number of rotatable bonds is 4. The first-order valence-electron chi connectivity index (χ1n) is 7.37. The number of nitrogens with zero attached hydrogens (tertiary/aromatic N) is 2. The largest absolute Gasteiger partial charge is 0.311 e. The van der Waals surface area contributed by atoms with E-state index in [-0.39, 0.29) is 34.3 Å². The summed E-state index contributed by atoms with van der Waals surface area (Å²) in [4.78, 5) is -0.363. The SMILES string of the molecule is CC1NCCN(S(=O)(=O)c2ccccc2S(=O)(=O)N(C)C)C1C.Cl. The summed E-state index contributed by atoms with van der Waals surface area (Å²) < 4.78 is 53.4. The Labute approximate surface area is 150 Å². The second-order valence-corrected chi connectivity index (χ2v) is 9.81. The molecule has 1 saturated heterocycles. The Morgan fingerprint density at radius 1 is 1.08 bits per heavy atom. The fourth-order valence-corrected chi connectivity index (χ4v) is 5.94. The van der Waals surface area contributed by atoms with E-state index in [4.69, 9.17) is 0 Å². The minimum Gasteiger partial charge on any atom is -0.311 e. The Balaban J connectivity index is 0.00000288. The summed E-state index contributed by atoms with van der Waals surface area (Å²) in [5.74, 6) is 0. The van der Waals surface area contributed by atoms with Crippen LogP contribution in [0, 0.1) is 0 Å². The smallest absolute Gasteiger partial charge is 0.244 e. The number of piperazine rings is 1. The van der Waals surface area contributed by atoms with E-state index >= 15 is 0 Å². The number of sulfonamides is 2. The number of hydrogen-bond donors (Lipinski definition) is 1. The van der Waals surface area contributed by atoms with Gasteiger partial charge >= 0.3 is 0 Å². The zero-order valence-electron chi connectivity index (χ0n) is 14.1. The second kappa shape index (κ2) is 7.67. The monoisotopic (exact) mass is 397 g/mol. The zero-order valence-corrected chi connectivity index (χ0v) is 16.6. The molecule has 138 valence electrons. The fraction of sp³-hybridized carbons (Fsp3) is 0.571. The summed E-state index contributed by atoms with van der Waals surface area (Å²) >= 11 is 0. The molecule has 0 aromatic heterocycles. The quantitative estimate of drug-likeness (QED) is 0.809. The zero-order chi connectivity index (χ0) is 17.4. The second-order valence-electron chi connectivity index (χ2n) is 5.83. The van der Waals surface area contributed by atoms with Gasteiger partial charge in [-0.1, -0.05) is 12.1 Å². The molecule has 0 radical (unpaired) electrons. The molecule has 0 spiro atoms. The Morgan fingerprint density at radius 2 is 1.62 bits per heavy atom. The van der Waals surface area contributed by atoms with Crippen LogP contribution in [0.15, 0.2) is 34.1 Å². The van der Waals surface area contributed by atoms with Gasteiger partial charge in [0.05, 0.1) is 0 Å². The van der Waals surface area contributed by atoms with Crippen molar-refractivity contribution < 1.29 is 16.8 Å². The molecule has 0 amide bonds. The molecule has 2 unspecified atom stereocenters. The van der Waals surface area contributed by atoms with Crippen molar-refractivity contribution in [2.45, 2.75) is 35.7 Å². The van der Waals surface area contributed by atoms with Crippen molar-refractivity contribution in [3.8, 4) is 0 Å². The van der Waals surface area contributed by atoms with Gasteiger partial charge in [-0.05, 0) is 26.0 Å². The summed E-state index contributed by atoms with van der Waals surface area (Å²) in [6.45, 7) is 4.57. The van der Waals surface area contributed by atoms with Crippen molar-refractivity contribution in [1.82, 2.24) is 13.9 Å². The molecule has 1 fully saturated rings. The summed E-state index contributed by atoms with van der Waals surface area (Å²) in [6, 6.07) is 5.49. The third-order valence-corrected chi connectivity index (χ3v) is 8.22. The van der Waals surface area contributed by atoms with Crippen LogP contribution in [0.3, 0.4) is 0 Å². The highest BCUT2D eigenvalue weighted by molar-refractivity contribution is 7.92.